The molecule has 1 atom stereocenters. The van der Waals surface area contributed by atoms with Crippen LogP contribution in [-0.2, 0) is 4.74 Å². The van der Waals surface area contributed by atoms with Crippen LogP contribution in [0.25, 0.3) is 0 Å². The number of rotatable bonds is 4. The summed E-state index contributed by atoms with van der Waals surface area (Å²) < 4.78 is 5.12. The third-order valence-electron chi connectivity index (χ3n) is 3.55. The number of hydrogen-bond donors (Lipinski definition) is 1. The number of nitrogens with zero attached hydrogens (tertiary/aromatic N) is 2. The summed E-state index contributed by atoms with van der Waals surface area (Å²) >= 11 is 11.7. The van der Waals surface area contributed by atoms with Crippen LogP contribution in [0.3, 0.4) is 0 Å². The number of ether oxygens (including phenoxy) is 1. The number of thiocarbonyl (C=S) groups is 1. The molecule has 1 aliphatic rings. The summed E-state index contributed by atoms with van der Waals surface area (Å²) in [7, 11) is 1.70. The van der Waals surface area contributed by atoms with E-state index in [0.717, 1.165) is 42.0 Å². The smallest absolute Gasteiger partial charge is 0.169 e. The molecule has 0 radical (unpaired) electrons. The third-order valence-corrected chi connectivity index (χ3v) is 4.24. The summed E-state index contributed by atoms with van der Waals surface area (Å²) in [5, 5.41) is 4.91. The van der Waals surface area contributed by atoms with E-state index in [2.05, 4.69) is 28.1 Å². The molecule has 1 N–H and O–H groups in total. The van der Waals surface area contributed by atoms with Crippen LogP contribution in [0.5, 0.6) is 0 Å². The van der Waals surface area contributed by atoms with Gasteiger partial charge < -0.3 is 19.9 Å². The Labute approximate surface area is 137 Å². The van der Waals surface area contributed by atoms with Crippen LogP contribution in [0.4, 0.5) is 5.69 Å². The summed E-state index contributed by atoms with van der Waals surface area (Å²) in [5.41, 5.74) is 1.10. The van der Waals surface area contributed by atoms with E-state index in [4.69, 9.17) is 28.6 Å². The van der Waals surface area contributed by atoms with Crippen LogP contribution >= 0.6 is 23.8 Å². The van der Waals surface area contributed by atoms with Gasteiger partial charge in [0.2, 0.25) is 0 Å². The Hall–Kier alpha value is -1.04. The van der Waals surface area contributed by atoms with E-state index in [1.165, 1.54) is 0 Å². The Kier molecular flexibility index (Phi) is 6.08. The average Bonchev–Trinajstić information content (AvgIpc) is 2.48. The first-order valence-electron chi connectivity index (χ1n) is 7.15. The van der Waals surface area contributed by atoms with E-state index in [0.29, 0.717) is 6.61 Å². The predicted molar refractivity (Wildman–Crippen MR) is 92.3 cm³/mol. The van der Waals surface area contributed by atoms with Gasteiger partial charge in [-0.1, -0.05) is 23.7 Å². The van der Waals surface area contributed by atoms with Crippen LogP contribution in [0.2, 0.25) is 5.02 Å². The summed E-state index contributed by atoms with van der Waals surface area (Å²) in [6.07, 6.45) is 0. The third kappa shape index (κ3) is 4.46. The molecule has 6 heteroatoms. The van der Waals surface area contributed by atoms with Crippen molar-refractivity contribution in [1.82, 2.24) is 10.2 Å². The highest BCUT2D eigenvalue weighted by Gasteiger charge is 2.20. The largest absolute Gasteiger partial charge is 0.383 e. The highest BCUT2D eigenvalue weighted by Crippen LogP contribution is 2.25. The van der Waals surface area contributed by atoms with E-state index in [1.807, 2.05) is 18.2 Å². The summed E-state index contributed by atoms with van der Waals surface area (Å²) in [6.45, 7) is 6.36. The SMILES string of the molecule is COC[C@H](C)NC(=S)N1CCN(c2ccccc2Cl)CC1. The number of methoxy groups -OCH3 is 1. The van der Waals surface area contributed by atoms with Gasteiger partial charge in [-0.25, -0.2) is 0 Å². The fraction of sp³-hybridized carbons (Fsp3) is 0.533. The zero-order valence-corrected chi connectivity index (χ0v) is 14.1. The lowest BCUT2D eigenvalue weighted by molar-refractivity contribution is 0.177. The van der Waals surface area contributed by atoms with Gasteiger partial charge in [0.25, 0.3) is 0 Å². The minimum Gasteiger partial charge on any atom is -0.383 e. The van der Waals surface area contributed by atoms with Crippen molar-refractivity contribution in [2.24, 2.45) is 0 Å². The molecule has 0 saturated carbocycles. The molecular formula is C15H22ClN3OS. The van der Waals surface area contributed by atoms with Gasteiger partial charge >= 0.3 is 0 Å². The van der Waals surface area contributed by atoms with Crippen molar-refractivity contribution in [2.45, 2.75) is 13.0 Å². The molecule has 0 amide bonds. The maximum Gasteiger partial charge on any atom is 0.169 e. The van der Waals surface area contributed by atoms with Gasteiger partial charge in [-0.15, -0.1) is 0 Å². The Bertz CT molecular complexity index is 478. The van der Waals surface area contributed by atoms with Crippen molar-refractivity contribution in [3.63, 3.8) is 0 Å². The number of nitrogens with one attached hydrogen (secondary N) is 1. The standard InChI is InChI=1S/C15H22ClN3OS/c1-12(11-20-2)17-15(21)19-9-7-18(8-10-19)14-6-4-3-5-13(14)16/h3-6,12H,7-11H2,1-2H3,(H,17,21)/t12-/m0/s1. The summed E-state index contributed by atoms with van der Waals surface area (Å²) in [4.78, 5) is 4.51. The second-order valence-corrected chi connectivity index (χ2v) is 6.03. The molecule has 2 rings (SSSR count). The van der Waals surface area contributed by atoms with Crippen molar-refractivity contribution in [1.29, 1.82) is 0 Å². The van der Waals surface area contributed by atoms with Crippen LogP contribution < -0.4 is 10.2 Å². The quantitative estimate of drug-likeness (QED) is 0.857. The summed E-state index contributed by atoms with van der Waals surface area (Å²) in [6, 6.07) is 8.20. The second-order valence-electron chi connectivity index (χ2n) is 5.23. The molecule has 1 heterocycles. The Morgan fingerprint density at radius 1 is 1.33 bits per heavy atom. The maximum absolute atomic E-state index is 6.25. The van der Waals surface area contributed by atoms with Gasteiger partial charge in [0.1, 0.15) is 0 Å². The minimum absolute atomic E-state index is 0.226. The molecule has 0 aliphatic carbocycles. The molecule has 116 valence electrons. The van der Waals surface area contributed by atoms with Gasteiger partial charge in [0.05, 0.1) is 17.3 Å². The lowest BCUT2D eigenvalue weighted by atomic mass is 10.2. The molecule has 1 aromatic carbocycles. The van der Waals surface area contributed by atoms with Crippen molar-refractivity contribution >= 4 is 34.6 Å². The molecule has 1 fully saturated rings. The second kappa shape index (κ2) is 7.82. The van der Waals surface area contributed by atoms with Crippen molar-refractivity contribution < 1.29 is 4.74 Å². The lowest BCUT2D eigenvalue weighted by Crippen LogP contribution is -2.53. The molecule has 21 heavy (non-hydrogen) atoms. The molecule has 4 nitrogen and oxygen atoms in total. The monoisotopic (exact) mass is 327 g/mol. The highest BCUT2D eigenvalue weighted by molar-refractivity contribution is 7.80. The first kappa shape index (κ1) is 16.3. The summed E-state index contributed by atoms with van der Waals surface area (Å²) in [5.74, 6) is 0. The highest BCUT2D eigenvalue weighted by atomic mass is 35.5. The van der Waals surface area contributed by atoms with Gasteiger partial charge in [0, 0.05) is 39.3 Å². The van der Waals surface area contributed by atoms with Crippen molar-refractivity contribution in [3.05, 3.63) is 29.3 Å². The normalized spacial score (nSPS) is 16.7. The topological polar surface area (TPSA) is 27.7 Å². The van der Waals surface area contributed by atoms with Gasteiger partial charge in [0.15, 0.2) is 5.11 Å². The molecule has 0 aromatic heterocycles. The molecular weight excluding hydrogens is 306 g/mol. The Morgan fingerprint density at radius 2 is 2.00 bits per heavy atom. The first-order chi connectivity index (χ1) is 10.1. The number of piperazine rings is 1. The van der Waals surface area contributed by atoms with E-state index in [-0.39, 0.29) is 6.04 Å². The van der Waals surface area contributed by atoms with Crippen LogP contribution in [0, 0.1) is 0 Å². The zero-order valence-electron chi connectivity index (χ0n) is 12.5. The zero-order chi connectivity index (χ0) is 15.2. The minimum atomic E-state index is 0.226. The van der Waals surface area contributed by atoms with Crippen molar-refractivity contribution in [3.8, 4) is 0 Å². The molecule has 0 bridgehead atoms. The fourth-order valence-electron chi connectivity index (χ4n) is 2.45. The molecule has 1 aliphatic heterocycles. The molecule has 0 unspecified atom stereocenters. The van der Waals surface area contributed by atoms with Crippen LogP contribution in [-0.4, -0.2) is 55.9 Å². The van der Waals surface area contributed by atoms with E-state index in [1.54, 1.807) is 7.11 Å². The van der Waals surface area contributed by atoms with E-state index >= 15 is 0 Å². The fourth-order valence-corrected chi connectivity index (χ4v) is 3.09. The number of para-hydroxylation sites is 1. The predicted octanol–water partition coefficient (Wildman–Crippen LogP) is 2.37. The molecule has 1 saturated heterocycles. The number of hydrogen-bond acceptors (Lipinski definition) is 3. The lowest BCUT2D eigenvalue weighted by Gasteiger charge is -2.38. The van der Waals surface area contributed by atoms with Crippen LogP contribution in [0.1, 0.15) is 6.92 Å². The van der Waals surface area contributed by atoms with Gasteiger partial charge in [-0.3, -0.25) is 0 Å². The van der Waals surface area contributed by atoms with E-state index in [9.17, 15) is 0 Å². The van der Waals surface area contributed by atoms with E-state index < -0.39 is 0 Å². The number of halogens is 1. The van der Waals surface area contributed by atoms with Crippen LogP contribution in [0.15, 0.2) is 24.3 Å². The number of benzene rings is 1. The van der Waals surface area contributed by atoms with Crippen molar-refractivity contribution in [2.75, 3.05) is 44.8 Å². The van der Waals surface area contributed by atoms with Gasteiger partial charge in [-0.2, -0.15) is 0 Å². The maximum atomic E-state index is 6.25. The Balaban J connectivity index is 1.86. The van der Waals surface area contributed by atoms with Gasteiger partial charge in [-0.05, 0) is 31.3 Å². The molecule has 1 aromatic rings. The number of anilines is 1. The average molecular weight is 328 g/mol. The molecule has 0 spiro atoms. The Morgan fingerprint density at radius 3 is 2.62 bits per heavy atom. The first-order valence-corrected chi connectivity index (χ1v) is 7.94.